The molecule has 0 spiro atoms. The van der Waals surface area contributed by atoms with Crippen molar-refractivity contribution in [3.8, 4) is 5.75 Å². The molecule has 27 heavy (non-hydrogen) atoms. The number of amides is 1. The first-order valence-corrected chi connectivity index (χ1v) is 8.79. The van der Waals surface area contributed by atoms with E-state index in [9.17, 15) is 4.79 Å². The number of carbonyl (C=O) groups is 1. The molecule has 0 unspecified atom stereocenters. The molecule has 0 aromatic heterocycles. The summed E-state index contributed by atoms with van der Waals surface area (Å²) in [6, 6.07) is 23.1. The molecule has 1 N–H and O–H groups in total. The van der Waals surface area contributed by atoms with E-state index >= 15 is 0 Å². The van der Waals surface area contributed by atoms with Crippen molar-refractivity contribution in [2.24, 2.45) is 5.10 Å². The summed E-state index contributed by atoms with van der Waals surface area (Å²) in [4.78, 5) is 12.2. The van der Waals surface area contributed by atoms with Crippen LogP contribution in [0.4, 0.5) is 0 Å². The van der Waals surface area contributed by atoms with Gasteiger partial charge in [0.15, 0.2) is 0 Å². The summed E-state index contributed by atoms with van der Waals surface area (Å²) in [5.74, 6) is 0.576. The van der Waals surface area contributed by atoms with Gasteiger partial charge in [-0.05, 0) is 54.8 Å². The topological polar surface area (TPSA) is 50.7 Å². The predicted molar refractivity (Wildman–Crippen MR) is 108 cm³/mol. The highest BCUT2D eigenvalue weighted by Crippen LogP contribution is 2.12. The van der Waals surface area contributed by atoms with Gasteiger partial charge in [-0.15, -0.1) is 0 Å². The van der Waals surface area contributed by atoms with Crippen molar-refractivity contribution in [3.63, 3.8) is 0 Å². The van der Waals surface area contributed by atoms with Gasteiger partial charge in [-0.1, -0.05) is 54.1 Å². The predicted octanol–water partition coefficient (Wildman–Crippen LogP) is 4.65. The summed E-state index contributed by atoms with van der Waals surface area (Å²) in [6.45, 7) is 4.49. The van der Waals surface area contributed by atoms with Crippen LogP contribution < -0.4 is 10.2 Å². The highest BCUT2D eigenvalue weighted by atomic mass is 16.5. The van der Waals surface area contributed by atoms with Crippen molar-refractivity contribution in [3.05, 3.63) is 101 Å². The number of nitrogens with zero attached hydrogens (tertiary/aromatic N) is 1. The highest BCUT2D eigenvalue weighted by molar-refractivity contribution is 5.95. The van der Waals surface area contributed by atoms with Crippen LogP contribution in [0.15, 0.2) is 77.9 Å². The zero-order valence-electron chi connectivity index (χ0n) is 15.5. The molecule has 1 amide bonds. The maximum atomic E-state index is 12.2. The van der Waals surface area contributed by atoms with Crippen LogP contribution in [-0.2, 0) is 6.61 Å². The van der Waals surface area contributed by atoms with Crippen LogP contribution in [0.1, 0.15) is 32.6 Å². The van der Waals surface area contributed by atoms with Gasteiger partial charge in [0.25, 0.3) is 5.91 Å². The first-order chi connectivity index (χ1) is 13.1. The minimum Gasteiger partial charge on any atom is -0.489 e. The van der Waals surface area contributed by atoms with Gasteiger partial charge in [-0.25, -0.2) is 5.43 Å². The largest absolute Gasteiger partial charge is 0.489 e. The minimum absolute atomic E-state index is 0.243. The van der Waals surface area contributed by atoms with Gasteiger partial charge in [-0.3, -0.25) is 4.79 Å². The number of nitrogens with one attached hydrogen (secondary N) is 1. The summed E-state index contributed by atoms with van der Waals surface area (Å²) < 4.78 is 5.70. The lowest BCUT2D eigenvalue weighted by molar-refractivity contribution is 0.0955. The Kier molecular flexibility index (Phi) is 6.00. The van der Waals surface area contributed by atoms with Crippen LogP contribution in [0.25, 0.3) is 0 Å². The fourth-order valence-electron chi connectivity index (χ4n) is 2.56. The van der Waals surface area contributed by atoms with Gasteiger partial charge in [0, 0.05) is 5.56 Å². The van der Waals surface area contributed by atoms with E-state index in [1.54, 1.807) is 18.3 Å². The summed E-state index contributed by atoms with van der Waals surface area (Å²) in [5, 5.41) is 4.07. The normalized spacial score (nSPS) is 10.7. The third-order valence-electron chi connectivity index (χ3n) is 4.17. The van der Waals surface area contributed by atoms with Crippen LogP contribution in [0, 0.1) is 13.8 Å². The fraction of sp³-hybridized carbons (Fsp3) is 0.130. The molecule has 0 heterocycles. The zero-order chi connectivity index (χ0) is 19.1. The molecule has 0 bridgehead atoms. The molecule has 4 heteroatoms. The molecular formula is C23H22N2O2. The first kappa shape index (κ1) is 18.4. The Hall–Kier alpha value is -3.40. The Bertz CT molecular complexity index is 932. The smallest absolute Gasteiger partial charge is 0.271 e. The summed E-state index contributed by atoms with van der Waals surface area (Å²) in [7, 11) is 0. The minimum atomic E-state index is -0.243. The highest BCUT2D eigenvalue weighted by Gasteiger charge is 2.04. The number of ether oxygens (including phenoxy) is 1. The van der Waals surface area contributed by atoms with Crippen LogP contribution in [0.2, 0.25) is 0 Å². The summed E-state index contributed by atoms with van der Waals surface area (Å²) in [5.41, 5.74) is 7.37. The number of hydrogen-bond acceptors (Lipinski definition) is 3. The molecule has 3 rings (SSSR count). The van der Waals surface area contributed by atoms with Crippen molar-refractivity contribution in [2.75, 3.05) is 0 Å². The van der Waals surface area contributed by atoms with Crippen LogP contribution in [-0.4, -0.2) is 12.1 Å². The Morgan fingerprint density at radius 3 is 2.48 bits per heavy atom. The second-order valence-electron chi connectivity index (χ2n) is 6.36. The third-order valence-corrected chi connectivity index (χ3v) is 4.17. The van der Waals surface area contributed by atoms with Crippen molar-refractivity contribution in [1.82, 2.24) is 5.43 Å². The monoisotopic (exact) mass is 358 g/mol. The van der Waals surface area contributed by atoms with Crippen molar-refractivity contribution < 1.29 is 9.53 Å². The number of para-hydroxylation sites is 1. The average Bonchev–Trinajstić information content (AvgIpc) is 2.70. The number of carbonyl (C=O) groups excluding carboxylic acids is 1. The number of aryl methyl sites for hydroxylation is 2. The van der Waals surface area contributed by atoms with Gasteiger partial charge in [0.2, 0.25) is 0 Å². The van der Waals surface area contributed by atoms with Crippen molar-refractivity contribution >= 4 is 12.1 Å². The van der Waals surface area contributed by atoms with Crippen LogP contribution >= 0.6 is 0 Å². The summed E-state index contributed by atoms with van der Waals surface area (Å²) >= 11 is 0. The van der Waals surface area contributed by atoms with E-state index in [-0.39, 0.29) is 5.91 Å². The Labute approximate surface area is 159 Å². The molecule has 0 atom stereocenters. The second-order valence-corrected chi connectivity index (χ2v) is 6.36. The van der Waals surface area contributed by atoms with Gasteiger partial charge in [-0.2, -0.15) is 5.10 Å². The lowest BCUT2D eigenvalue weighted by atomic mass is 10.1. The molecule has 0 aliphatic rings. The number of hydrogen-bond donors (Lipinski definition) is 1. The lowest BCUT2D eigenvalue weighted by Crippen LogP contribution is -2.17. The molecule has 3 aromatic rings. The van der Waals surface area contributed by atoms with Crippen LogP contribution in [0.5, 0.6) is 5.75 Å². The van der Waals surface area contributed by atoms with Crippen molar-refractivity contribution in [1.29, 1.82) is 0 Å². The summed E-state index contributed by atoms with van der Waals surface area (Å²) in [6.07, 6.45) is 1.67. The molecule has 3 aromatic carbocycles. The standard InChI is InChI=1S/C23H22N2O2/c1-17-8-9-18(2)21(14-17)15-24-25-23(26)20-12-10-19(11-13-20)16-27-22-6-4-3-5-7-22/h3-15H,16H2,1-2H3,(H,25,26)/b24-15-. The van der Waals surface area contributed by atoms with Crippen molar-refractivity contribution in [2.45, 2.75) is 20.5 Å². The number of rotatable bonds is 6. The maximum absolute atomic E-state index is 12.2. The average molecular weight is 358 g/mol. The second kappa shape index (κ2) is 8.81. The van der Waals surface area contributed by atoms with Gasteiger partial charge < -0.3 is 4.74 Å². The van der Waals surface area contributed by atoms with E-state index in [2.05, 4.69) is 10.5 Å². The third kappa shape index (κ3) is 5.28. The molecular weight excluding hydrogens is 336 g/mol. The Balaban J connectivity index is 1.55. The quantitative estimate of drug-likeness (QED) is 0.515. The molecule has 4 nitrogen and oxygen atoms in total. The number of hydrazone groups is 1. The lowest BCUT2D eigenvalue weighted by Gasteiger charge is -2.07. The fourth-order valence-corrected chi connectivity index (χ4v) is 2.56. The maximum Gasteiger partial charge on any atom is 0.271 e. The molecule has 0 radical (unpaired) electrons. The SMILES string of the molecule is Cc1ccc(C)c(/C=N\NC(=O)c2ccc(COc3ccccc3)cc2)c1. The molecule has 0 aliphatic heterocycles. The van der Waals surface area contributed by atoms with E-state index in [1.165, 1.54) is 0 Å². The van der Waals surface area contributed by atoms with E-state index in [0.29, 0.717) is 12.2 Å². The van der Waals surface area contributed by atoms with Gasteiger partial charge in [0.1, 0.15) is 12.4 Å². The Morgan fingerprint density at radius 1 is 1.00 bits per heavy atom. The van der Waals surface area contributed by atoms with E-state index < -0.39 is 0 Å². The molecule has 0 fully saturated rings. The van der Waals surface area contributed by atoms with Gasteiger partial charge in [0.05, 0.1) is 6.21 Å². The zero-order valence-corrected chi connectivity index (χ0v) is 15.5. The molecule has 0 aliphatic carbocycles. The van der Waals surface area contributed by atoms with Crippen LogP contribution in [0.3, 0.4) is 0 Å². The van der Waals surface area contributed by atoms with Gasteiger partial charge >= 0.3 is 0 Å². The van der Waals surface area contributed by atoms with E-state index in [1.807, 2.05) is 74.5 Å². The molecule has 0 saturated carbocycles. The molecule has 136 valence electrons. The Morgan fingerprint density at radius 2 is 1.74 bits per heavy atom. The number of benzene rings is 3. The van der Waals surface area contributed by atoms with E-state index in [4.69, 9.17) is 4.74 Å². The van der Waals surface area contributed by atoms with E-state index in [0.717, 1.165) is 28.0 Å². The molecule has 0 saturated heterocycles. The first-order valence-electron chi connectivity index (χ1n) is 8.79.